The molecule has 1 aliphatic rings. The fraction of sp³-hybridized carbons (Fsp3) is 0.357. The third kappa shape index (κ3) is 7.10. The maximum absolute atomic E-state index is 14.9. The van der Waals surface area contributed by atoms with Gasteiger partial charge in [-0.1, -0.05) is 54.9 Å². The maximum Gasteiger partial charge on any atom is 0.227 e. The van der Waals surface area contributed by atoms with E-state index in [-0.39, 0.29) is 29.3 Å². The molecule has 1 amide bonds. The number of thioether (sulfide) groups is 1. The summed E-state index contributed by atoms with van der Waals surface area (Å²) in [7, 11) is 3.07. The summed E-state index contributed by atoms with van der Waals surface area (Å²) in [6.45, 7) is 5.94. The van der Waals surface area contributed by atoms with Crippen LogP contribution in [0.3, 0.4) is 0 Å². The summed E-state index contributed by atoms with van der Waals surface area (Å²) in [5, 5.41) is 3.96. The Balaban J connectivity index is 1.92. The van der Waals surface area contributed by atoms with Crippen LogP contribution in [-0.2, 0) is 14.9 Å². The topological polar surface area (TPSA) is 56.1 Å². The average Bonchev–Trinajstić information content (AvgIpc) is 3.32. The molecule has 3 rings (SSSR count). The number of carbonyl (C=O) groups excluding carboxylic acids is 1. The van der Waals surface area contributed by atoms with E-state index in [1.165, 1.54) is 37.0 Å². The molecule has 1 unspecified atom stereocenters. The average molecular weight is 583 g/mol. The summed E-state index contributed by atoms with van der Waals surface area (Å²) in [6, 6.07) is 6.14. The second-order valence-electron chi connectivity index (χ2n) is 9.45. The highest BCUT2D eigenvalue weighted by molar-refractivity contribution is 7.99. The molecule has 0 bridgehead atoms. The number of methoxy groups -OCH3 is 1. The highest BCUT2D eigenvalue weighted by Crippen LogP contribution is 2.38. The quantitative estimate of drug-likeness (QED) is 0.179. The number of hydrogen-bond donors (Lipinski definition) is 1. The summed E-state index contributed by atoms with van der Waals surface area (Å²) in [4.78, 5) is 16.6. The minimum absolute atomic E-state index is 0.219. The predicted octanol–water partition coefficient (Wildman–Crippen LogP) is 7.56. The van der Waals surface area contributed by atoms with Crippen LogP contribution in [0.1, 0.15) is 39.3 Å². The normalized spacial score (nSPS) is 17.0. The maximum atomic E-state index is 14.9. The number of rotatable bonds is 10. The molecule has 1 heterocycles. The van der Waals surface area contributed by atoms with Crippen LogP contribution in [0.4, 0.5) is 8.78 Å². The van der Waals surface area contributed by atoms with Crippen molar-refractivity contribution in [2.75, 3.05) is 19.9 Å². The predicted molar refractivity (Wildman–Crippen MR) is 151 cm³/mol. The van der Waals surface area contributed by atoms with E-state index < -0.39 is 11.7 Å². The summed E-state index contributed by atoms with van der Waals surface area (Å²) in [5.41, 5.74) is 1.57. The first-order chi connectivity index (χ1) is 18.0. The van der Waals surface area contributed by atoms with Gasteiger partial charge >= 0.3 is 0 Å². The van der Waals surface area contributed by atoms with Crippen LogP contribution < -0.4 is 5.32 Å². The second-order valence-corrected chi connectivity index (χ2v) is 11.3. The molecule has 5 nitrogen and oxygen atoms in total. The Labute approximate surface area is 236 Å². The van der Waals surface area contributed by atoms with E-state index in [1.807, 2.05) is 10.6 Å². The van der Waals surface area contributed by atoms with Crippen molar-refractivity contribution >= 4 is 40.9 Å². The summed E-state index contributed by atoms with van der Waals surface area (Å²) >= 11 is 14.0. The first-order valence-electron chi connectivity index (χ1n) is 12.0. The van der Waals surface area contributed by atoms with Gasteiger partial charge in [0.1, 0.15) is 17.4 Å². The number of benzene rings is 1. The Morgan fingerprint density at radius 3 is 2.61 bits per heavy atom. The van der Waals surface area contributed by atoms with Gasteiger partial charge in [-0.25, -0.2) is 13.8 Å². The highest BCUT2D eigenvalue weighted by Gasteiger charge is 2.29. The SMILES string of the molecule is CNC(=O)C1C=C(F)C(CSc2ncc(C(C)(C)C/C=C\C(Cl)=C(/C)OC)n2-c2ccc(F)cc2)=C(Cl)C1. The monoisotopic (exact) mass is 581 g/mol. The molecule has 0 saturated carbocycles. The molecule has 204 valence electrons. The molecular weight excluding hydrogens is 551 g/mol. The number of aromatic nitrogens is 2. The van der Waals surface area contributed by atoms with Crippen molar-refractivity contribution in [2.24, 2.45) is 5.92 Å². The molecule has 0 fully saturated rings. The van der Waals surface area contributed by atoms with E-state index >= 15 is 0 Å². The number of amides is 1. The van der Waals surface area contributed by atoms with E-state index in [9.17, 15) is 13.6 Å². The molecule has 2 aromatic rings. The minimum atomic E-state index is -0.640. The van der Waals surface area contributed by atoms with Crippen LogP contribution in [-0.4, -0.2) is 35.4 Å². The largest absolute Gasteiger partial charge is 0.500 e. The molecule has 1 aliphatic carbocycles. The number of nitrogens with one attached hydrogen (secondary N) is 1. The first-order valence-corrected chi connectivity index (χ1v) is 13.7. The zero-order valence-corrected chi connectivity index (χ0v) is 24.3. The number of allylic oxidation sites excluding steroid dienone is 6. The molecule has 0 saturated heterocycles. The molecule has 0 spiro atoms. The van der Waals surface area contributed by atoms with Crippen LogP contribution in [0.2, 0.25) is 0 Å². The lowest BCUT2D eigenvalue weighted by atomic mass is 9.85. The molecule has 1 aromatic carbocycles. The Hall–Kier alpha value is -2.55. The zero-order valence-electron chi connectivity index (χ0n) is 21.9. The number of ether oxygens (including phenoxy) is 1. The van der Waals surface area contributed by atoms with Crippen LogP contribution in [0.5, 0.6) is 0 Å². The van der Waals surface area contributed by atoms with Gasteiger partial charge in [0.05, 0.1) is 24.3 Å². The lowest BCUT2D eigenvalue weighted by Crippen LogP contribution is -2.27. The lowest BCUT2D eigenvalue weighted by Gasteiger charge is -2.26. The molecule has 0 aliphatic heterocycles. The number of imidazole rings is 1. The summed E-state index contributed by atoms with van der Waals surface area (Å²) in [6.07, 6.45) is 7.72. The Kier molecular flexibility index (Phi) is 10.3. The molecule has 38 heavy (non-hydrogen) atoms. The van der Waals surface area contributed by atoms with Crippen LogP contribution in [0.25, 0.3) is 5.69 Å². The van der Waals surface area contributed by atoms with Crippen molar-refractivity contribution < 1.29 is 18.3 Å². The second kappa shape index (κ2) is 13.0. The van der Waals surface area contributed by atoms with Crippen molar-refractivity contribution in [1.82, 2.24) is 14.9 Å². The number of nitrogens with zero attached hydrogens (tertiary/aromatic N) is 2. The third-order valence-electron chi connectivity index (χ3n) is 6.33. The molecule has 0 radical (unpaired) electrons. The Bertz CT molecular complexity index is 1300. The van der Waals surface area contributed by atoms with Gasteiger partial charge in [-0.3, -0.25) is 9.36 Å². The van der Waals surface area contributed by atoms with Crippen molar-refractivity contribution in [3.63, 3.8) is 0 Å². The Morgan fingerprint density at radius 1 is 1.32 bits per heavy atom. The third-order valence-corrected chi connectivity index (χ3v) is 8.09. The number of halogens is 4. The standard InChI is InChI=1S/C28H31Cl2F2N3O2S/c1-17(37-5)22(29)7-6-12-28(2,3)25-15-34-27(35(25)20-10-8-19(31)9-11-20)38-16-21-23(30)13-18(14-24(21)32)26(36)33-4/h6-11,14-15,18H,12-13,16H2,1-5H3,(H,33,36)/b7-6-,22-17-. The van der Waals surface area contributed by atoms with Gasteiger partial charge < -0.3 is 10.1 Å². The number of hydrogen-bond acceptors (Lipinski definition) is 4. The van der Waals surface area contributed by atoms with Gasteiger partial charge in [0.15, 0.2) is 5.16 Å². The lowest BCUT2D eigenvalue weighted by molar-refractivity contribution is -0.123. The van der Waals surface area contributed by atoms with E-state index in [0.29, 0.717) is 33.0 Å². The van der Waals surface area contributed by atoms with E-state index in [4.69, 9.17) is 27.9 Å². The van der Waals surface area contributed by atoms with Gasteiger partial charge in [-0.2, -0.15) is 0 Å². The van der Waals surface area contributed by atoms with Crippen molar-refractivity contribution in [3.05, 3.63) is 87.4 Å². The minimum Gasteiger partial charge on any atom is -0.500 e. The fourth-order valence-electron chi connectivity index (χ4n) is 3.95. The van der Waals surface area contributed by atoms with Crippen molar-refractivity contribution in [1.29, 1.82) is 0 Å². The smallest absolute Gasteiger partial charge is 0.227 e. The number of carbonyl (C=O) groups is 1. The van der Waals surface area contributed by atoms with E-state index in [0.717, 1.165) is 11.4 Å². The molecule has 1 atom stereocenters. The zero-order chi connectivity index (χ0) is 28.0. The summed E-state index contributed by atoms with van der Waals surface area (Å²) in [5.74, 6) is -0.945. The van der Waals surface area contributed by atoms with Crippen LogP contribution in [0, 0.1) is 11.7 Å². The van der Waals surface area contributed by atoms with Crippen molar-refractivity contribution in [2.45, 2.75) is 44.2 Å². The van der Waals surface area contributed by atoms with Crippen molar-refractivity contribution in [3.8, 4) is 5.69 Å². The van der Waals surface area contributed by atoms with Crippen LogP contribution >= 0.6 is 35.0 Å². The van der Waals surface area contributed by atoms with Crippen LogP contribution in [0.15, 0.2) is 81.1 Å². The van der Waals surface area contributed by atoms with Gasteiger partial charge in [0.2, 0.25) is 5.91 Å². The van der Waals surface area contributed by atoms with Gasteiger partial charge in [0, 0.05) is 40.2 Å². The summed E-state index contributed by atoms with van der Waals surface area (Å²) < 4.78 is 35.8. The van der Waals surface area contributed by atoms with Gasteiger partial charge in [-0.05, 0) is 56.2 Å². The highest BCUT2D eigenvalue weighted by atomic mass is 35.5. The van der Waals surface area contributed by atoms with Gasteiger partial charge in [0.25, 0.3) is 0 Å². The Morgan fingerprint density at radius 2 is 2.00 bits per heavy atom. The molecule has 1 aromatic heterocycles. The van der Waals surface area contributed by atoms with Gasteiger partial charge in [-0.15, -0.1) is 0 Å². The van der Waals surface area contributed by atoms with E-state index in [2.05, 4.69) is 24.1 Å². The molecule has 10 heteroatoms. The molecular formula is C28H31Cl2F2N3O2S. The van der Waals surface area contributed by atoms with E-state index in [1.54, 1.807) is 38.4 Å². The first kappa shape index (κ1) is 30.0. The molecule has 1 N–H and O–H groups in total. The fourth-order valence-corrected chi connectivity index (χ4v) is 5.56.